The average Bonchev–Trinajstić information content (AvgIpc) is 2.95. The van der Waals surface area contributed by atoms with Crippen LogP contribution < -0.4 is 9.86 Å². The van der Waals surface area contributed by atoms with E-state index in [0.717, 1.165) is 24.2 Å². The van der Waals surface area contributed by atoms with Crippen LogP contribution in [0.2, 0.25) is 0 Å². The van der Waals surface area contributed by atoms with Gasteiger partial charge in [-0.05, 0) is 31.9 Å². The SMILES string of the molecule is CC(NS(=O)(=O)CC1CCCO1)c1ccc(S(N)(=O)=O)s1. The summed E-state index contributed by atoms with van der Waals surface area (Å²) in [5.41, 5.74) is 0. The molecule has 2 heterocycles. The molecule has 1 aliphatic rings. The molecular formula is C11H18N2O5S3. The Morgan fingerprint density at radius 1 is 1.43 bits per heavy atom. The zero-order valence-electron chi connectivity index (χ0n) is 11.5. The van der Waals surface area contributed by atoms with Crippen LogP contribution >= 0.6 is 11.3 Å². The van der Waals surface area contributed by atoms with Crippen molar-refractivity contribution in [3.63, 3.8) is 0 Å². The first-order chi connectivity index (χ1) is 9.67. The largest absolute Gasteiger partial charge is 0.377 e. The quantitative estimate of drug-likeness (QED) is 0.774. The van der Waals surface area contributed by atoms with Gasteiger partial charge in [0, 0.05) is 11.5 Å². The van der Waals surface area contributed by atoms with E-state index in [-0.39, 0.29) is 16.1 Å². The molecule has 0 saturated carbocycles. The van der Waals surface area contributed by atoms with Crippen molar-refractivity contribution in [2.45, 2.75) is 36.1 Å². The van der Waals surface area contributed by atoms with E-state index < -0.39 is 26.1 Å². The van der Waals surface area contributed by atoms with Crippen molar-refractivity contribution in [3.05, 3.63) is 17.0 Å². The van der Waals surface area contributed by atoms with Gasteiger partial charge in [0.1, 0.15) is 4.21 Å². The molecule has 3 N–H and O–H groups in total. The minimum atomic E-state index is -3.76. The number of hydrogen-bond donors (Lipinski definition) is 2. The van der Waals surface area contributed by atoms with E-state index in [1.54, 1.807) is 13.0 Å². The summed E-state index contributed by atoms with van der Waals surface area (Å²) < 4.78 is 54.4. The smallest absolute Gasteiger partial charge is 0.247 e. The monoisotopic (exact) mass is 354 g/mol. The maximum Gasteiger partial charge on any atom is 0.247 e. The second-order valence-electron chi connectivity index (χ2n) is 4.96. The molecule has 21 heavy (non-hydrogen) atoms. The van der Waals surface area contributed by atoms with E-state index in [9.17, 15) is 16.8 Å². The highest BCUT2D eigenvalue weighted by Gasteiger charge is 2.25. The van der Waals surface area contributed by atoms with Crippen molar-refractivity contribution in [2.24, 2.45) is 5.14 Å². The van der Waals surface area contributed by atoms with Crippen LogP contribution in [-0.4, -0.2) is 35.3 Å². The average molecular weight is 354 g/mol. The van der Waals surface area contributed by atoms with Gasteiger partial charge in [-0.3, -0.25) is 0 Å². The molecule has 1 aliphatic heterocycles. The van der Waals surface area contributed by atoms with Crippen LogP contribution in [0.1, 0.15) is 30.7 Å². The minimum absolute atomic E-state index is 0.0164. The number of nitrogens with two attached hydrogens (primary N) is 1. The van der Waals surface area contributed by atoms with Crippen LogP contribution in [0.4, 0.5) is 0 Å². The van der Waals surface area contributed by atoms with Crippen LogP contribution in [0.25, 0.3) is 0 Å². The van der Waals surface area contributed by atoms with Gasteiger partial charge in [0.2, 0.25) is 20.0 Å². The number of thiophene rings is 1. The topological polar surface area (TPSA) is 116 Å². The van der Waals surface area contributed by atoms with Gasteiger partial charge in [-0.2, -0.15) is 0 Å². The highest BCUT2D eigenvalue weighted by Crippen LogP contribution is 2.26. The van der Waals surface area contributed by atoms with E-state index >= 15 is 0 Å². The molecule has 2 atom stereocenters. The van der Waals surface area contributed by atoms with E-state index in [1.807, 2.05) is 0 Å². The lowest BCUT2D eigenvalue weighted by atomic mass is 10.3. The van der Waals surface area contributed by atoms with Gasteiger partial charge in [-0.1, -0.05) is 0 Å². The van der Waals surface area contributed by atoms with Crippen molar-refractivity contribution in [2.75, 3.05) is 12.4 Å². The molecule has 1 aromatic rings. The molecule has 0 aliphatic carbocycles. The second-order valence-corrected chi connectivity index (χ2v) is 9.66. The fourth-order valence-corrected chi connectivity index (χ4v) is 5.46. The maximum atomic E-state index is 12.0. The van der Waals surface area contributed by atoms with Crippen LogP contribution in [0.15, 0.2) is 16.3 Å². The third kappa shape index (κ3) is 4.73. The molecule has 0 amide bonds. The Labute approximate surface area is 128 Å². The predicted molar refractivity (Wildman–Crippen MR) is 80.0 cm³/mol. The summed E-state index contributed by atoms with van der Waals surface area (Å²) in [6.45, 7) is 2.25. The van der Waals surface area contributed by atoms with Crippen molar-refractivity contribution >= 4 is 31.4 Å². The molecule has 2 unspecified atom stereocenters. The standard InChI is InChI=1S/C11H18N2O5S3/c1-8(10-4-5-11(19-10)21(12,16)17)13-20(14,15)7-9-3-2-6-18-9/h4-5,8-9,13H,2-3,6-7H2,1H3,(H2,12,16,17). The molecule has 1 aromatic heterocycles. The molecule has 10 heteroatoms. The highest BCUT2D eigenvalue weighted by atomic mass is 32.2. The summed E-state index contributed by atoms with van der Waals surface area (Å²) in [6, 6.07) is 2.42. The zero-order valence-corrected chi connectivity index (χ0v) is 13.9. The summed E-state index contributed by atoms with van der Waals surface area (Å²) in [7, 11) is -7.24. The van der Waals surface area contributed by atoms with Crippen molar-refractivity contribution in [1.29, 1.82) is 0 Å². The molecule has 0 bridgehead atoms. The summed E-state index contributed by atoms with van der Waals surface area (Å²) in [6.07, 6.45) is 1.35. The molecule has 1 saturated heterocycles. The first kappa shape index (κ1) is 16.8. The van der Waals surface area contributed by atoms with E-state index in [0.29, 0.717) is 11.5 Å². The van der Waals surface area contributed by atoms with Gasteiger partial charge < -0.3 is 4.74 Å². The van der Waals surface area contributed by atoms with Crippen LogP contribution in [0.5, 0.6) is 0 Å². The Morgan fingerprint density at radius 3 is 2.67 bits per heavy atom. The molecule has 120 valence electrons. The Kier molecular flexibility index (Phi) is 5.06. The summed E-state index contributed by atoms with van der Waals surface area (Å²) >= 11 is 0.960. The van der Waals surface area contributed by atoms with Crippen molar-refractivity contribution in [3.8, 4) is 0 Å². The normalized spacial score (nSPS) is 21.5. The summed E-state index contributed by atoms with van der Waals surface area (Å²) in [5.74, 6) is -0.0786. The Bertz CT molecular complexity index is 689. The highest BCUT2D eigenvalue weighted by molar-refractivity contribution is 7.91. The zero-order chi connectivity index (χ0) is 15.7. The van der Waals surface area contributed by atoms with E-state index in [2.05, 4.69) is 4.72 Å². The Morgan fingerprint density at radius 2 is 2.14 bits per heavy atom. The van der Waals surface area contributed by atoms with Crippen molar-refractivity contribution in [1.82, 2.24) is 4.72 Å². The lowest BCUT2D eigenvalue weighted by Gasteiger charge is -2.15. The number of hydrogen-bond acceptors (Lipinski definition) is 6. The van der Waals surface area contributed by atoms with Gasteiger partial charge in [-0.25, -0.2) is 26.7 Å². The first-order valence-electron chi connectivity index (χ1n) is 6.41. The third-order valence-corrected chi connectivity index (χ3v) is 7.32. The molecular weight excluding hydrogens is 336 g/mol. The van der Waals surface area contributed by atoms with Gasteiger partial charge in [0.25, 0.3) is 0 Å². The summed E-state index contributed by atoms with van der Waals surface area (Å²) in [5, 5.41) is 5.03. The van der Waals surface area contributed by atoms with E-state index in [1.165, 1.54) is 6.07 Å². The van der Waals surface area contributed by atoms with Gasteiger partial charge >= 0.3 is 0 Å². The fraction of sp³-hybridized carbons (Fsp3) is 0.636. The number of rotatable bonds is 6. The molecule has 0 spiro atoms. The minimum Gasteiger partial charge on any atom is -0.377 e. The Hall–Kier alpha value is -0.520. The van der Waals surface area contributed by atoms with Crippen molar-refractivity contribution < 1.29 is 21.6 Å². The number of primary sulfonamides is 1. The molecule has 7 nitrogen and oxygen atoms in total. The summed E-state index contributed by atoms with van der Waals surface area (Å²) in [4.78, 5) is 0.593. The second kappa shape index (κ2) is 6.31. The van der Waals surface area contributed by atoms with Crippen LogP contribution in [0, 0.1) is 0 Å². The lowest BCUT2D eigenvalue weighted by Crippen LogP contribution is -2.33. The van der Waals surface area contributed by atoms with Gasteiger partial charge in [-0.15, -0.1) is 11.3 Å². The number of sulfonamides is 2. The maximum absolute atomic E-state index is 12.0. The third-order valence-electron chi connectivity index (χ3n) is 3.09. The van der Waals surface area contributed by atoms with Gasteiger partial charge in [0.15, 0.2) is 0 Å². The lowest BCUT2D eigenvalue weighted by molar-refractivity contribution is 0.127. The van der Waals surface area contributed by atoms with E-state index in [4.69, 9.17) is 9.88 Å². The molecule has 0 radical (unpaired) electrons. The first-order valence-corrected chi connectivity index (χ1v) is 10.4. The predicted octanol–water partition coefficient (Wildman–Crippen LogP) is 0.555. The molecule has 2 rings (SSSR count). The van der Waals surface area contributed by atoms with Crippen LogP contribution in [0.3, 0.4) is 0 Å². The molecule has 1 fully saturated rings. The molecule has 0 aromatic carbocycles. The number of ether oxygens (including phenoxy) is 1. The fourth-order valence-electron chi connectivity index (χ4n) is 2.12. The van der Waals surface area contributed by atoms with Gasteiger partial charge in [0.05, 0.1) is 17.9 Å². The number of nitrogens with one attached hydrogen (secondary N) is 1. The van der Waals surface area contributed by atoms with Crippen LogP contribution in [-0.2, 0) is 24.8 Å². The Balaban J connectivity index is 2.03.